The molecule has 0 saturated carbocycles. The quantitative estimate of drug-likeness (QED) is 0.339. The first-order valence-corrected chi connectivity index (χ1v) is 10.8. The summed E-state index contributed by atoms with van der Waals surface area (Å²) in [4.78, 5) is 41.9. The summed E-state index contributed by atoms with van der Waals surface area (Å²) in [5.41, 5.74) is 1.73. The fraction of sp³-hybridized carbons (Fsp3) is 0.304. The number of para-hydroxylation sites is 1. The monoisotopic (exact) mass is 423 g/mol. The van der Waals surface area contributed by atoms with E-state index in [2.05, 4.69) is 10.3 Å². The Balaban J connectivity index is 1.86. The van der Waals surface area contributed by atoms with Crippen molar-refractivity contribution in [3.05, 3.63) is 64.4 Å². The molecule has 0 aliphatic heterocycles. The van der Waals surface area contributed by atoms with Gasteiger partial charge in [-0.15, -0.1) is 0 Å². The van der Waals surface area contributed by atoms with Crippen molar-refractivity contribution >= 4 is 40.0 Å². The van der Waals surface area contributed by atoms with Crippen LogP contribution in [0, 0.1) is 0 Å². The van der Waals surface area contributed by atoms with Gasteiger partial charge in [-0.3, -0.25) is 19.0 Å². The molecule has 156 valence electrons. The molecule has 2 atom stereocenters. The molecule has 30 heavy (non-hydrogen) atoms. The summed E-state index contributed by atoms with van der Waals surface area (Å²) in [7, 11) is 0. The molecule has 1 amide bonds. The number of thioether (sulfide) groups is 1. The molecule has 1 N–H and O–H groups in total. The first-order valence-electron chi connectivity index (χ1n) is 9.91. The zero-order valence-electron chi connectivity index (χ0n) is 17.5. The van der Waals surface area contributed by atoms with Gasteiger partial charge in [-0.1, -0.05) is 30.8 Å². The number of ketones is 1. The van der Waals surface area contributed by atoms with E-state index >= 15 is 0 Å². The highest BCUT2D eigenvalue weighted by Gasteiger charge is 2.21. The van der Waals surface area contributed by atoms with Crippen molar-refractivity contribution in [3.63, 3.8) is 0 Å². The summed E-state index contributed by atoms with van der Waals surface area (Å²) in [6, 6.07) is 14.0. The van der Waals surface area contributed by atoms with Crippen molar-refractivity contribution in [2.75, 3.05) is 5.32 Å². The highest BCUT2D eigenvalue weighted by Crippen LogP contribution is 2.26. The standard InChI is InChI=1S/C23H25N3O3S/c1-5-14(2)26-22(29)19-8-6-7-9-20(19)25-23(26)30-16(4)21(28)24-18-12-10-17(11-13-18)15(3)27/h6-14,16H,5H2,1-4H3,(H,24,28). The highest BCUT2D eigenvalue weighted by molar-refractivity contribution is 8.00. The SMILES string of the molecule is CCC(C)n1c(SC(C)C(=O)Nc2ccc(C(C)=O)cc2)nc2ccccc2c1=O. The molecule has 0 bridgehead atoms. The molecule has 1 heterocycles. The Morgan fingerprint density at radius 2 is 1.77 bits per heavy atom. The summed E-state index contributed by atoms with van der Waals surface area (Å²) in [5.74, 6) is -0.226. The Kier molecular flexibility index (Phi) is 6.72. The number of carbonyl (C=O) groups is 2. The van der Waals surface area contributed by atoms with Crippen molar-refractivity contribution in [3.8, 4) is 0 Å². The average Bonchev–Trinajstić information content (AvgIpc) is 2.73. The van der Waals surface area contributed by atoms with Crippen molar-refractivity contribution in [1.29, 1.82) is 0 Å². The van der Waals surface area contributed by atoms with Gasteiger partial charge in [0.1, 0.15) is 0 Å². The van der Waals surface area contributed by atoms with Gasteiger partial charge in [0.05, 0.1) is 16.2 Å². The maximum atomic E-state index is 13.1. The normalized spacial score (nSPS) is 13.1. The molecule has 3 rings (SSSR count). The van der Waals surface area contributed by atoms with Gasteiger partial charge in [-0.25, -0.2) is 4.98 Å². The lowest BCUT2D eigenvalue weighted by atomic mass is 10.1. The van der Waals surface area contributed by atoms with Crippen LogP contribution in [0.4, 0.5) is 5.69 Å². The number of hydrogen-bond acceptors (Lipinski definition) is 5. The number of rotatable bonds is 7. The van der Waals surface area contributed by atoms with E-state index in [9.17, 15) is 14.4 Å². The molecule has 7 heteroatoms. The number of nitrogens with one attached hydrogen (secondary N) is 1. The second-order valence-electron chi connectivity index (χ2n) is 7.23. The van der Waals surface area contributed by atoms with E-state index in [1.54, 1.807) is 41.8 Å². The lowest BCUT2D eigenvalue weighted by Gasteiger charge is -2.20. The number of anilines is 1. The van der Waals surface area contributed by atoms with Crippen LogP contribution in [-0.2, 0) is 4.79 Å². The van der Waals surface area contributed by atoms with E-state index in [-0.39, 0.29) is 23.3 Å². The largest absolute Gasteiger partial charge is 0.325 e. The number of hydrogen-bond donors (Lipinski definition) is 1. The van der Waals surface area contributed by atoms with Crippen LogP contribution in [0.25, 0.3) is 10.9 Å². The third-order valence-corrected chi connectivity index (χ3v) is 6.08. The van der Waals surface area contributed by atoms with Crippen LogP contribution in [0.5, 0.6) is 0 Å². The van der Waals surface area contributed by atoms with Crippen LogP contribution >= 0.6 is 11.8 Å². The van der Waals surface area contributed by atoms with E-state index in [1.807, 2.05) is 32.0 Å². The van der Waals surface area contributed by atoms with Gasteiger partial charge in [-0.05, 0) is 63.6 Å². The lowest BCUT2D eigenvalue weighted by Crippen LogP contribution is -2.28. The smallest absolute Gasteiger partial charge is 0.262 e. The van der Waals surface area contributed by atoms with Gasteiger partial charge in [0.15, 0.2) is 10.9 Å². The van der Waals surface area contributed by atoms with E-state index in [0.717, 1.165) is 6.42 Å². The minimum atomic E-state index is -0.471. The van der Waals surface area contributed by atoms with Crippen molar-refractivity contribution in [1.82, 2.24) is 9.55 Å². The third-order valence-electron chi connectivity index (χ3n) is 5.02. The van der Waals surface area contributed by atoms with E-state index in [0.29, 0.717) is 27.3 Å². The van der Waals surface area contributed by atoms with Crippen molar-refractivity contribution < 1.29 is 9.59 Å². The van der Waals surface area contributed by atoms with Gasteiger partial charge < -0.3 is 5.32 Å². The van der Waals surface area contributed by atoms with Crippen LogP contribution in [0.1, 0.15) is 50.5 Å². The third kappa shape index (κ3) is 4.62. The molecule has 2 aromatic carbocycles. The highest BCUT2D eigenvalue weighted by atomic mass is 32.2. The van der Waals surface area contributed by atoms with Crippen molar-refractivity contribution in [2.24, 2.45) is 0 Å². The second kappa shape index (κ2) is 9.26. The van der Waals surface area contributed by atoms with Gasteiger partial charge in [0, 0.05) is 17.3 Å². The number of Topliss-reactive ketones (excluding diaryl/α,β-unsaturated/α-hetero) is 1. The maximum absolute atomic E-state index is 13.1. The first kappa shape index (κ1) is 21.8. The minimum Gasteiger partial charge on any atom is -0.325 e. The molecule has 3 aromatic rings. The van der Waals surface area contributed by atoms with Gasteiger partial charge in [0.2, 0.25) is 5.91 Å². The van der Waals surface area contributed by atoms with E-state index < -0.39 is 5.25 Å². The zero-order valence-corrected chi connectivity index (χ0v) is 18.3. The number of carbonyl (C=O) groups excluding carboxylic acids is 2. The maximum Gasteiger partial charge on any atom is 0.262 e. The van der Waals surface area contributed by atoms with Crippen LogP contribution in [0.3, 0.4) is 0 Å². The summed E-state index contributed by atoms with van der Waals surface area (Å²) in [6.07, 6.45) is 0.774. The molecular formula is C23H25N3O3S. The average molecular weight is 424 g/mol. The Morgan fingerprint density at radius 1 is 1.10 bits per heavy atom. The summed E-state index contributed by atoms with van der Waals surface area (Å²) in [6.45, 7) is 7.27. The summed E-state index contributed by atoms with van der Waals surface area (Å²) in [5, 5.41) is 3.49. The number of fused-ring (bicyclic) bond motifs is 1. The first-order chi connectivity index (χ1) is 14.3. The molecule has 0 aliphatic rings. The molecule has 6 nitrogen and oxygen atoms in total. The van der Waals surface area contributed by atoms with E-state index in [4.69, 9.17) is 0 Å². The minimum absolute atomic E-state index is 0.0257. The Morgan fingerprint density at radius 3 is 2.40 bits per heavy atom. The molecule has 0 aliphatic carbocycles. The molecule has 0 spiro atoms. The lowest BCUT2D eigenvalue weighted by molar-refractivity contribution is -0.115. The van der Waals surface area contributed by atoms with Gasteiger partial charge in [-0.2, -0.15) is 0 Å². The van der Waals surface area contributed by atoms with Crippen LogP contribution in [0.2, 0.25) is 0 Å². The number of amides is 1. The Bertz CT molecular complexity index is 1140. The predicted octanol–water partition coefficient (Wildman–Crippen LogP) is 4.69. The molecule has 0 saturated heterocycles. The number of aromatic nitrogens is 2. The molecule has 1 aromatic heterocycles. The molecule has 0 fully saturated rings. The zero-order chi connectivity index (χ0) is 21.8. The number of nitrogens with zero attached hydrogens (tertiary/aromatic N) is 2. The van der Waals surface area contributed by atoms with Gasteiger partial charge in [0.25, 0.3) is 5.56 Å². The number of benzene rings is 2. The predicted molar refractivity (Wildman–Crippen MR) is 121 cm³/mol. The second-order valence-corrected chi connectivity index (χ2v) is 8.53. The topological polar surface area (TPSA) is 81.1 Å². The molecule has 2 unspecified atom stereocenters. The van der Waals surface area contributed by atoms with Crippen molar-refractivity contribution in [2.45, 2.75) is 50.6 Å². The summed E-state index contributed by atoms with van der Waals surface area (Å²) < 4.78 is 1.68. The molecular weight excluding hydrogens is 398 g/mol. The van der Waals surface area contributed by atoms with Gasteiger partial charge >= 0.3 is 0 Å². The van der Waals surface area contributed by atoms with Crippen LogP contribution in [-0.4, -0.2) is 26.5 Å². The fourth-order valence-electron chi connectivity index (χ4n) is 3.02. The Labute approximate surface area is 179 Å². The fourth-order valence-corrected chi connectivity index (χ4v) is 4.03. The molecule has 0 radical (unpaired) electrons. The summed E-state index contributed by atoms with van der Waals surface area (Å²) >= 11 is 1.26. The Hall–Kier alpha value is -2.93. The van der Waals surface area contributed by atoms with Crippen LogP contribution in [0.15, 0.2) is 58.5 Å². The van der Waals surface area contributed by atoms with E-state index in [1.165, 1.54) is 18.7 Å². The van der Waals surface area contributed by atoms with Crippen LogP contribution < -0.4 is 10.9 Å².